The van der Waals surface area contributed by atoms with Crippen LogP contribution < -0.4 is 15.2 Å². The smallest absolute Gasteiger partial charge is 0.253 e. The molecule has 0 aromatic heterocycles. The van der Waals surface area contributed by atoms with Crippen molar-refractivity contribution >= 4 is 56.6 Å². The van der Waals surface area contributed by atoms with Crippen LogP contribution in [0.4, 0.5) is 10.1 Å². The summed E-state index contributed by atoms with van der Waals surface area (Å²) in [6.07, 6.45) is -0.242. The van der Waals surface area contributed by atoms with E-state index >= 15 is 4.39 Å². The molecule has 10 nitrogen and oxygen atoms in total. The van der Waals surface area contributed by atoms with Crippen molar-refractivity contribution in [2.45, 2.75) is 68.6 Å². The zero-order valence-electron chi connectivity index (χ0n) is 26.0. The number of amides is 3. The first-order valence-corrected chi connectivity index (χ1v) is 18.0. The Kier molecular flexibility index (Phi) is 9.98. The average molecular weight is 718 g/mol. The van der Waals surface area contributed by atoms with Crippen LogP contribution in [0.1, 0.15) is 62.3 Å². The highest BCUT2D eigenvalue weighted by Gasteiger charge is 2.52. The molecule has 2 aliphatic carbocycles. The van der Waals surface area contributed by atoms with Gasteiger partial charge in [0.05, 0.1) is 36.0 Å². The molecule has 0 spiro atoms. The second-order valence-electron chi connectivity index (χ2n) is 12.4. The second-order valence-corrected chi connectivity index (χ2v) is 15.4. The molecule has 3 aliphatic rings. The number of sulfonamides is 1. The van der Waals surface area contributed by atoms with Crippen molar-refractivity contribution in [2.75, 3.05) is 10.8 Å². The summed E-state index contributed by atoms with van der Waals surface area (Å²) in [6.45, 7) is 1.03. The van der Waals surface area contributed by atoms with E-state index in [4.69, 9.17) is 27.9 Å². The van der Waals surface area contributed by atoms with E-state index in [1.54, 1.807) is 59.5 Å². The fraction of sp³-hybridized carbons (Fsp3) is 0.382. The summed E-state index contributed by atoms with van der Waals surface area (Å²) in [5, 5.41) is 0.253. The van der Waals surface area contributed by atoms with Crippen molar-refractivity contribution in [1.82, 2.24) is 15.8 Å². The van der Waals surface area contributed by atoms with E-state index in [1.165, 1.54) is 25.1 Å². The fourth-order valence-electron chi connectivity index (χ4n) is 6.24. The summed E-state index contributed by atoms with van der Waals surface area (Å²) >= 11 is 12.7. The molecule has 6 rings (SSSR count). The van der Waals surface area contributed by atoms with Gasteiger partial charge >= 0.3 is 0 Å². The van der Waals surface area contributed by atoms with Gasteiger partial charge in [0.25, 0.3) is 5.91 Å². The van der Waals surface area contributed by atoms with Gasteiger partial charge in [-0.1, -0.05) is 59.6 Å². The lowest BCUT2D eigenvalue weighted by molar-refractivity contribution is -0.181. The molecule has 1 saturated heterocycles. The summed E-state index contributed by atoms with van der Waals surface area (Å²) in [5.74, 6) is -2.51. The molecule has 4 unspecified atom stereocenters. The number of carbonyl (C=O) groups is 3. The van der Waals surface area contributed by atoms with Gasteiger partial charge in [0, 0.05) is 17.0 Å². The van der Waals surface area contributed by atoms with E-state index in [0.717, 1.165) is 4.31 Å². The van der Waals surface area contributed by atoms with Gasteiger partial charge in [-0.25, -0.2) is 12.8 Å². The number of rotatable bonds is 11. The number of ether oxygens (including phenoxy) is 1. The molecule has 2 saturated carbocycles. The van der Waals surface area contributed by atoms with Gasteiger partial charge in [0.15, 0.2) is 0 Å². The molecule has 14 heteroatoms. The van der Waals surface area contributed by atoms with E-state index in [2.05, 4.69) is 10.9 Å². The van der Waals surface area contributed by atoms with Gasteiger partial charge in [-0.3, -0.25) is 29.5 Å². The first-order valence-electron chi connectivity index (χ1n) is 15.7. The Labute approximate surface area is 288 Å². The second kappa shape index (κ2) is 14.0. The topological polar surface area (TPSA) is 125 Å². The van der Waals surface area contributed by atoms with Crippen molar-refractivity contribution in [3.8, 4) is 0 Å². The molecular formula is C34H35Cl2FN4O6S. The summed E-state index contributed by atoms with van der Waals surface area (Å²) in [5.41, 5.74) is 5.71. The maximum absolute atomic E-state index is 15.4. The lowest BCUT2D eigenvalue weighted by atomic mass is 9.89. The average Bonchev–Trinajstić information content (AvgIpc) is 3.96. The number of benzene rings is 3. The van der Waals surface area contributed by atoms with Crippen molar-refractivity contribution < 1.29 is 31.9 Å². The third-order valence-electron chi connectivity index (χ3n) is 8.82. The van der Waals surface area contributed by atoms with Crippen LogP contribution in [0.5, 0.6) is 0 Å². The van der Waals surface area contributed by atoms with E-state index in [9.17, 15) is 22.8 Å². The van der Waals surface area contributed by atoms with E-state index in [-0.39, 0.29) is 18.2 Å². The largest absolute Gasteiger partial charge is 0.357 e. The van der Waals surface area contributed by atoms with Crippen molar-refractivity contribution in [3.05, 3.63) is 99.8 Å². The van der Waals surface area contributed by atoms with Crippen molar-refractivity contribution in [3.63, 3.8) is 0 Å². The van der Waals surface area contributed by atoms with Crippen LogP contribution in [0, 0.1) is 11.7 Å². The normalized spacial score (nSPS) is 21.8. The van der Waals surface area contributed by atoms with E-state index in [0.29, 0.717) is 46.9 Å². The summed E-state index contributed by atoms with van der Waals surface area (Å²) in [4.78, 5) is 40.7. The fourth-order valence-corrected chi connectivity index (χ4v) is 8.43. The van der Waals surface area contributed by atoms with Crippen molar-refractivity contribution in [1.29, 1.82) is 0 Å². The number of nitrogens with zero attached hydrogens (tertiary/aromatic N) is 2. The number of hydrazine groups is 1. The monoisotopic (exact) mass is 716 g/mol. The number of anilines is 1. The summed E-state index contributed by atoms with van der Waals surface area (Å²) in [7, 11) is -3.98. The first-order chi connectivity index (χ1) is 22.9. The van der Waals surface area contributed by atoms with Gasteiger partial charge in [-0.15, -0.1) is 0 Å². The van der Waals surface area contributed by atoms with Gasteiger partial charge < -0.3 is 9.64 Å². The predicted octanol–water partition coefficient (Wildman–Crippen LogP) is 5.48. The molecule has 3 aromatic rings. The van der Waals surface area contributed by atoms with Crippen LogP contribution in [-0.2, 0) is 29.1 Å². The molecule has 48 heavy (non-hydrogen) atoms. The van der Waals surface area contributed by atoms with Crippen LogP contribution in [0.2, 0.25) is 10.0 Å². The highest BCUT2D eigenvalue weighted by atomic mass is 35.5. The number of nitrogens with one attached hydrogen (secondary N) is 2. The summed E-state index contributed by atoms with van der Waals surface area (Å²) < 4.78 is 50.9. The van der Waals surface area contributed by atoms with Crippen LogP contribution in [0.3, 0.4) is 0 Å². The molecule has 3 aromatic carbocycles. The van der Waals surface area contributed by atoms with Gasteiger partial charge in [0.1, 0.15) is 18.0 Å². The number of hydrogen-bond acceptors (Lipinski definition) is 6. The predicted molar refractivity (Wildman–Crippen MR) is 179 cm³/mol. The number of carbonyl (C=O) groups excluding carboxylic acids is 3. The van der Waals surface area contributed by atoms with Crippen LogP contribution in [-0.4, -0.2) is 55.0 Å². The zero-order valence-corrected chi connectivity index (χ0v) is 28.3. The molecule has 2 N–H and O–H groups in total. The third kappa shape index (κ3) is 7.46. The maximum Gasteiger partial charge on any atom is 0.253 e. The number of halogens is 3. The minimum atomic E-state index is -3.98. The zero-order chi connectivity index (χ0) is 34.2. The van der Waals surface area contributed by atoms with Gasteiger partial charge in [-0.05, 0) is 79.1 Å². The Morgan fingerprint density at radius 1 is 0.958 bits per heavy atom. The molecular weight excluding hydrogens is 682 g/mol. The van der Waals surface area contributed by atoms with Crippen molar-refractivity contribution in [2.24, 2.45) is 5.92 Å². The molecule has 3 amide bonds. The Bertz CT molecular complexity index is 1800. The molecule has 3 fully saturated rings. The molecule has 4 atom stereocenters. The lowest BCUT2D eigenvalue weighted by Crippen LogP contribution is -2.59. The minimum Gasteiger partial charge on any atom is -0.357 e. The molecule has 0 bridgehead atoms. The highest BCUT2D eigenvalue weighted by molar-refractivity contribution is 7.93. The Morgan fingerprint density at radius 2 is 1.67 bits per heavy atom. The molecule has 1 heterocycles. The summed E-state index contributed by atoms with van der Waals surface area (Å²) in [6, 6.07) is 18.1. The number of para-hydroxylation sites is 1. The molecule has 0 radical (unpaired) electrons. The molecule has 254 valence electrons. The minimum absolute atomic E-state index is 0.0866. The van der Waals surface area contributed by atoms with E-state index < -0.39 is 69.5 Å². The van der Waals surface area contributed by atoms with Crippen LogP contribution in [0.15, 0.2) is 72.8 Å². The van der Waals surface area contributed by atoms with Gasteiger partial charge in [-0.2, -0.15) is 0 Å². The SMILES string of the molecule is CC(=O)NNC(=O)CC1OC(c2cccc(Cl)c2)C(c2ccc(Cl)cc2)N(C(CN(c2ccccc2F)S(=O)(=O)C2CC2)C2CC2)C1=O. The first kappa shape index (κ1) is 34.2. The van der Waals surface area contributed by atoms with Gasteiger partial charge in [0.2, 0.25) is 21.8 Å². The Morgan fingerprint density at radius 3 is 2.29 bits per heavy atom. The number of morpholine rings is 1. The standard InChI is InChI=1S/C34H35Cl2FN4O6S/c1-20(42)38-39-31(43)18-30-34(44)41(32(22-11-13-24(35)14-12-22)33(47-30)23-5-4-6-25(36)17-23)29(21-9-10-21)19-40(48(45,46)26-15-16-26)28-8-3-2-7-27(28)37/h2-8,11-14,17,21,26,29-30,32-33H,9-10,15-16,18-19H2,1H3,(H,38,42)(H,39,43). The number of hydrogen-bond donors (Lipinski definition) is 2. The maximum atomic E-state index is 15.4. The Hall–Kier alpha value is -3.71. The third-order valence-corrected chi connectivity index (χ3v) is 11.6. The molecule has 1 aliphatic heterocycles. The highest BCUT2D eigenvalue weighted by Crippen LogP contribution is 2.49. The van der Waals surface area contributed by atoms with Crippen LogP contribution >= 0.6 is 23.2 Å². The quantitative estimate of drug-likeness (QED) is 0.254. The van der Waals surface area contributed by atoms with Crippen LogP contribution in [0.25, 0.3) is 0 Å². The Balaban J connectivity index is 1.48. The van der Waals surface area contributed by atoms with E-state index in [1.807, 2.05) is 0 Å². The lowest BCUT2D eigenvalue weighted by Gasteiger charge is -2.49.